The second-order valence-electron chi connectivity index (χ2n) is 6.08. The van der Waals surface area contributed by atoms with Crippen LogP contribution < -0.4 is 15.6 Å². The van der Waals surface area contributed by atoms with Crippen molar-refractivity contribution in [1.82, 2.24) is 24.5 Å². The molecule has 0 amide bonds. The Balaban J connectivity index is 0.00000117. The van der Waals surface area contributed by atoms with Crippen LogP contribution in [0.2, 0.25) is 5.15 Å². The molecule has 3 heterocycles. The molecule has 1 aromatic carbocycles. The monoisotopic (exact) mass is 414 g/mol. The van der Waals surface area contributed by atoms with Crippen molar-refractivity contribution in [3.63, 3.8) is 0 Å². The van der Waals surface area contributed by atoms with E-state index in [1.54, 1.807) is 24.9 Å². The highest BCUT2D eigenvalue weighted by Crippen LogP contribution is 2.38. The molecule has 3 aromatic heterocycles. The number of pyridine rings is 1. The third-order valence-corrected chi connectivity index (χ3v) is 4.45. The molecule has 0 atom stereocenters. The lowest BCUT2D eigenvalue weighted by Crippen LogP contribution is -2.12. The van der Waals surface area contributed by atoms with Crippen LogP contribution in [0.5, 0.6) is 5.75 Å². The molecule has 0 fully saturated rings. The lowest BCUT2D eigenvalue weighted by atomic mass is 10.1. The Bertz CT molecular complexity index is 1210. The molecule has 0 bridgehead atoms. The third kappa shape index (κ3) is 3.84. The number of anilines is 2. The number of aromatic amines is 1. The lowest BCUT2D eigenvalue weighted by molar-refractivity contribution is 0.418. The summed E-state index contributed by atoms with van der Waals surface area (Å²) in [7, 11) is 5.08. The van der Waals surface area contributed by atoms with Gasteiger partial charge in [0.1, 0.15) is 10.5 Å². The number of hydrogen-bond acceptors (Lipinski definition) is 5. The Morgan fingerprint density at radius 1 is 1.17 bits per heavy atom. The van der Waals surface area contributed by atoms with Crippen molar-refractivity contribution in [3.8, 4) is 17.0 Å². The van der Waals surface area contributed by atoms with Crippen LogP contribution in [-0.2, 0) is 14.1 Å². The molecule has 0 saturated heterocycles. The number of nitrogens with one attached hydrogen (secondary N) is 2. The van der Waals surface area contributed by atoms with E-state index in [0.717, 1.165) is 11.3 Å². The summed E-state index contributed by atoms with van der Waals surface area (Å²) >= 11 is 6.13. The Hall–Kier alpha value is -3.26. The lowest BCUT2D eigenvalue weighted by Gasteiger charge is -2.14. The first-order valence-electron chi connectivity index (χ1n) is 9.17. The minimum absolute atomic E-state index is 0.198. The maximum atomic E-state index is 12.5. The Kier molecular flexibility index (Phi) is 5.93. The molecule has 0 unspecified atom stereocenters. The molecule has 0 aliphatic rings. The fourth-order valence-corrected chi connectivity index (χ4v) is 3.24. The summed E-state index contributed by atoms with van der Waals surface area (Å²) in [6, 6.07) is 9.21. The number of methoxy groups -OCH3 is 1. The van der Waals surface area contributed by atoms with Gasteiger partial charge in [-0.25, -0.2) is 4.98 Å². The summed E-state index contributed by atoms with van der Waals surface area (Å²) in [6.45, 7) is 4.00. The average Bonchev–Trinajstić information content (AvgIpc) is 3.26. The van der Waals surface area contributed by atoms with Gasteiger partial charge in [-0.3, -0.25) is 19.3 Å². The number of aryl methyl sites for hydroxylation is 2. The minimum Gasteiger partial charge on any atom is -0.494 e. The van der Waals surface area contributed by atoms with Crippen LogP contribution in [0.25, 0.3) is 22.3 Å². The van der Waals surface area contributed by atoms with Gasteiger partial charge in [0.15, 0.2) is 11.4 Å². The van der Waals surface area contributed by atoms with Gasteiger partial charge in [-0.1, -0.05) is 31.5 Å². The van der Waals surface area contributed by atoms with Gasteiger partial charge in [-0.15, -0.1) is 0 Å². The highest BCUT2D eigenvalue weighted by atomic mass is 35.5. The molecule has 8 nitrogen and oxygen atoms in total. The van der Waals surface area contributed by atoms with E-state index in [0.29, 0.717) is 28.2 Å². The highest BCUT2D eigenvalue weighted by molar-refractivity contribution is 6.30. The van der Waals surface area contributed by atoms with E-state index in [1.807, 2.05) is 51.4 Å². The first kappa shape index (κ1) is 20.5. The molecule has 0 aliphatic carbocycles. The van der Waals surface area contributed by atoms with Gasteiger partial charge >= 0.3 is 0 Å². The van der Waals surface area contributed by atoms with Gasteiger partial charge in [0, 0.05) is 25.9 Å². The Labute approximate surface area is 173 Å². The van der Waals surface area contributed by atoms with E-state index >= 15 is 0 Å². The SMILES string of the molecule is CC.COc1c(Nc2cc(Cl)nc3[nH]n(C)c(=O)c23)cccc1-c1ccn(C)n1. The summed E-state index contributed by atoms with van der Waals surface area (Å²) in [5.41, 5.74) is 3.07. The number of para-hydroxylation sites is 1. The zero-order chi connectivity index (χ0) is 21.1. The molecule has 4 rings (SSSR count). The number of H-pyrrole nitrogens is 1. The van der Waals surface area contributed by atoms with E-state index in [1.165, 1.54) is 4.68 Å². The van der Waals surface area contributed by atoms with Crippen LogP contribution in [0, 0.1) is 0 Å². The average molecular weight is 415 g/mol. The van der Waals surface area contributed by atoms with E-state index in [2.05, 4.69) is 20.5 Å². The number of halogens is 1. The van der Waals surface area contributed by atoms with Crippen LogP contribution in [-0.4, -0.2) is 31.7 Å². The van der Waals surface area contributed by atoms with Crippen molar-refractivity contribution in [3.05, 3.63) is 52.0 Å². The van der Waals surface area contributed by atoms with Crippen LogP contribution in [0.1, 0.15) is 13.8 Å². The van der Waals surface area contributed by atoms with Crippen LogP contribution in [0.15, 0.2) is 41.3 Å². The third-order valence-electron chi connectivity index (χ3n) is 4.26. The number of benzene rings is 1. The van der Waals surface area contributed by atoms with Crippen molar-refractivity contribution < 1.29 is 4.74 Å². The standard InChI is InChI=1S/C18H17ClN6O2.C2H6/c1-24-8-7-11(22-24)10-5-4-6-12(16(10)27-3)20-13-9-14(19)21-17-15(13)18(26)25(2)23-17;1-2/h4-9H,1-3H3,(H2,20,21,23);1-2H3. The molecule has 0 saturated carbocycles. The topological polar surface area (TPSA) is 89.8 Å². The number of rotatable bonds is 4. The van der Waals surface area contributed by atoms with E-state index in [-0.39, 0.29) is 10.7 Å². The smallest absolute Gasteiger partial charge is 0.277 e. The quantitative estimate of drug-likeness (QED) is 0.491. The molecule has 152 valence electrons. The van der Waals surface area contributed by atoms with Crippen LogP contribution >= 0.6 is 11.6 Å². The zero-order valence-electron chi connectivity index (χ0n) is 16.9. The van der Waals surface area contributed by atoms with Crippen molar-refractivity contribution in [2.24, 2.45) is 14.1 Å². The molecule has 2 N–H and O–H groups in total. The number of fused-ring (bicyclic) bond motifs is 1. The van der Waals surface area contributed by atoms with Gasteiger partial charge in [0.25, 0.3) is 5.56 Å². The maximum absolute atomic E-state index is 12.5. The van der Waals surface area contributed by atoms with Gasteiger partial charge in [0.05, 0.1) is 24.2 Å². The Morgan fingerprint density at radius 3 is 2.59 bits per heavy atom. The van der Waals surface area contributed by atoms with E-state index in [9.17, 15) is 4.79 Å². The molecule has 29 heavy (non-hydrogen) atoms. The van der Waals surface area contributed by atoms with Crippen molar-refractivity contribution >= 4 is 34.0 Å². The molecule has 0 spiro atoms. The summed E-state index contributed by atoms with van der Waals surface area (Å²) in [5, 5.41) is 11.3. The summed E-state index contributed by atoms with van der Waals surface area (Å²) < 4.78 is 8.73. The summed E-state index contributed by atoms with van der Waals surface area (Å²) in [5.74, 6) is 0.615. The molecule has 0 aliphatic heterocycles. The molecular weight excluding hydrogens is 392 g/mol. The van der Waals surface area contributed by atoms with Crippen LogP contribution in [0.3, 0.4) is 0 Å². The fourth-order valence-electron chi connectivity index (χ4n) is 3.05. The Morgan fingerprint density at radius 2 is 1.93 bits per heavy atom. The second-order valence-corrected chi connectivity index (χ2v) is 6.47. The van der Waals surface area contributed by atoms with Gasteiger partial charge < -0.3 is 10.1 Å². The second kappa shape index (κ2) is 8.40. The van der Waals surface area contributed by atoms with Gasteiger partial charge in [-0.2, -0.15) is 5.10 Å². The first-order valence-corrected chi connectivity index (χ1v) is 9.55. The zero-order valence-corrected chi connectivity index (χ0v) is 17.7. The van der Waals surface area contributed by atoms with Crippen molar-refractivity contribution in [1.29, 1.82) is 0 Å². The summed E-state index contributed by atoms with van der Waals surface area (Å²) in [4.78, 5) is 16.6. The number of nitrogens with zero attached hydrogens (tertiary/aromatic N) is 4. The molecule has 4 aromatic rings. The predicted molar refractivity (Wildman–Crippen MR) is 116 cm³/mol. The fraction of sp³-hybridized carbons (Fsp3) is 0.250. The number of aromatic nitrogens is 5. The van der Waals surface area contributed by atoms with Crippen molar-refractivity contribution in [2.75, 3.05) is 12.4 Å². The van der Waals surface area contributed by atoms with Crippen molar-refractivity contribution in [2.45, 2.75) is 13.8 Å². The first-order chi connectivity index (χ1) is 14.0. The maximum Gasteiger partial charge on any atom is 0.277 e. The molecule has 9 heteroatoms. The minimum atomic E-state index is -0.198. The molecular formula is C20H23ClN6O2. The summed E-state index contributed by atoms with van der Waals surface area (Å²) in [6.07, 6.45) is 1.87. The number of hydrogen-bond donors (Lipinski definition) is 2. The van der Waals surface area contributed by atoms with Crippen LogP contribution in [0.4, 0.5) is 11.4 Å². The predicted octanol–water partition coefficient (Wildman–Crippen LogP) is 4.09. The normalized spacial score (nSPS) is 10.6. The van der Waals surface area contributed by atoms with E-state index < -0.39 is 0 Å². The van der Waals surface area contributed by atoms with Gasteiger partial charge in [-0.05, 0) is 24.3 Å². The van der Waals surface area contributed by atoms with E-state index in [4.69, 9.17) is 16.3 Å². The molecule has 0 radical (unpaired) electrons. The number of ether oxygens (including phenoxy) is 1. The highest BCUT2D eigenvalue weighted by Gasteiger charge is 2.17. The van der Waals surface area contributed by atoms with Gasteiger partial charge in [0.2, 0.25) is 0 Å². The largest absolute Gasteiger partial charge is 0.494 e.